The van der Waals surface area contributed by atoms with Crippen LogP contribution >= 0.6 is 11.6 Å². The molecule has 0 amide bonds. The number of halogens is 1. The average Bonchev–Trinajstić information content (AvgIpc) is 2.90. The van der Waals surface area contributed by atoms with Crippen LogP contribution in [-0.2, 0) is 20.7 Å². The second-order valence-corrected chi connectivity index (χ2v) is 10.8. The van der Waals surface area contributed by atoms with Gasteiger partial charge in [0.05, 0.1) is 42.0 Å². The zero-order valence-corrected chi connectivity index (χ0v) is 22.5. The molecular formula is C27H26ClN3O9. The van der Waals surface area contributed by atoms with Gasteiger partial charge in [0.2, 0.25) is 5.78 Å². The van der Waals surface area contributed by atoms with Gasteiger partial charge in [0, 0.05) is 46.2 Å². The lowest BCUT2D eigenvalue weighted by molar-refractivity contribution is -0.225. The predicted octanol–water partition coefficient (Wildman–Crippen LogP) is 3.63. The van der Waals surface area contributed by atoms with Crippen molar-refractivity contribution >= 4 is 29.0 Å². The molecule has 6 atom stereocenters. The van der Waals surface area contributed by atoms with Gasteiger partial charge in [-0.3, -0.25) is 14.4 Å². The van der Waals surface area contributed by atoms with Crippen LogP contribution in [0.1, 0.15) is 75.8 Å². The molecule has 3 N–H and O–H groups in total. The quantitative estimate of drug-likeness (QED) is 0.135. The zero-order valence-electron chi connectivity index (χ0n) is 21.8. The summed E-state index contributed by atoms with van der Waals surface area (Å²) < 4.78 is 17.3. The van der Waals surface area contributed by atoms with E-state index in [0.717, 1.165) is 0 Å². The van der Waals surface area contributed by atoms with Crippen LogP contribution in [0.15, 0.2) is 23.3 Å². The number of nitrogens with zero attached hydrogens (tertiary/aromatic N) is 3. The molecule has 13 heteroatoms. The second-order valence-electron chi connectivity index (χ2n) is 10.2. The lowest BCUT2D eigenvalue weighted by Gasteiger charge is -2.42. The van der Waals surface area contributed by atoms with E-state index >= 15 is 0 Å². The zero-order chi connectivity index (χ0) is 29.1. The minimum Gasteiger partial charge on any atom is -0.507 e. The minimum atomic E-state index is -2.02. The van der Waals surface area contributed by atoms with Crippen LogP contribution < -0.4 is 4.74 Å². The maximum Gasteiger partial charge on any atom is 0.202 e. The number of aromatic hydroxyl groups is 2. The number of Topliss-reactive ketones (excluding diaryl/α,β-unsaturated/α-hetero) is 1. The standard InChI is InChI=1S/C27H26ClN3O9/c1-10-22(30-31-29)14(28)7-17(39-10)40-16-9-27(37,11(2)32)8-13-19(16)26(36)21-20(24(13)34)23(33)12-5-4-6-15(38-3)18(12)25(21)35/h4-6,10,14,16-17,22,34,36-37H,7-9H2,1-3H3/t10-,14-,16-,17-,22+,27-/m0/s1. The number of hydrogen-bond acceptors (Lipinski definition) is 10. The highest BCUT2D eigenvalue weighted by atomic mass is 35.5. The molecule has 1 aliphatic heterocycles. The minimum absolute atomic E-state index is 0.0238. The van der Waals surface area contributed by atoms with E-state index in [1.165, 1.54) is 32.2 Å². The monoisotopic (exact) mass is 571 g/mol. The number of hydrogen-bond donors (Lipinski definition) is 3. The van der Waals surface area contributed by atoms with Crippen LogP contribution in [0, 0.1) is 0 Å². The Kier molecular flexibility index (Phi) is 7.01. The Morgan fingerprint density at radius 2 is 1.90 bits per heavy atom. The van der Waals surface area contributed by atoms with Crippen molar-refractivity contribution in [1.82, 2.24) is 0 Å². The first-order valence-electron chi connectivity index (χ1n) is 12.5. The number of azide groups is 1. The van der Waals surface area contributed by atoms with Crippen molar-refractivity contribution in [1.29, 1.82) is 0 Å². The Hall–Kier alpha value is -3.67. The lowest BCUT2D eigenvalue weighted by atomic mass is 9.72. The van der Waals surface area contributed by atoms with Crippen LogP contribution in [0.2, 0.25) is 0 Å². The largest absolute Gasteiger partial charge is 0.507 e. The molecule has 1 heterocycles. The van der Waals surface area contributed by atoms with Crippen LogP contribution in [0.25, 0.3) is 10.4 Å². The lowest BCUT2D eigenvalue weighted by Crippen LogP contribution is -2.48. The molecule has 2 aliphatic carbocycles. The van der Waals surface area contributed by atoms with Crippen molar-refractivity contribution < 1.29 is 43.9 Å². The molecule has 2 aromatic carbocycles. The summed E-state index contributed by atoms with van der Waals surface area (Å²) in [5.74, 6) is -3.25. The highest BCUT2D eigenvalue weighted by molar-refractivity contribution is 6.31. The van der Waals surface area contributed by atoms with E-state index in [0.29, 0.717) is 0 Å². The topological polar surface area (TPSA) is 188 Å². The highest BCUT2D eigenvalue weighted by Crippen LogP contribution is 2.52. The molecule has 210 valence electrons. The Balaban J connectivity index is 1.65. The molecule has 5 rings (SSSR count). The number of ether oxygens (including phenoxy) is 3. The van der Waals surface area contributed by atoms with Crippen molar-refractivity contribution in [2.24, 2.45) is 5.11 Å². The predicted molar refractivity (Wildman–Crippen MR) is 139 cm³/mol. The summed E-state index contributed by atoms with van der Waals surface area (Å²) >= 11 is 6.43. The molecular weight excluding hydrogens is 546 g/mol. The van der Waals surface area contributed by atoms with Gasteiger partial charge in [-0.05, 0) is 25.4 Å². The molecule has 12 nitrogen and oxygen atoms in total. The fraction of sp³-hybridized carbons (Fsp3) is 0.444. The third-order valence-corrected chi connectivity index (χ3v) is 8.30. The number of phenols is 2. The van der Waals surface area contributed by atoms with Gasteiger partial charge in [-0.2, -0.15) is 0 Å². The number of rotatable bonds is 5. The van der Waals surface area contributed by atoms with Crippen molar-refractivity contribution in [3.63, 3.8) is 0 Å². The first-order valence-corrected chi connectivity index (χ1v) is 13.0. The summed E-state index contributed by atoms with van der Waals surface area (Å²) in [6.07, 6.45) is -3.65. The van der Waals surface area contributed by atoms with E-state index in [-0.39, 0.29) is 40.8 Å². The van der Waals surface area contributed by atoms with Crippen molar-refractivity contribution in [3.05, 3.63) is 62.0 Å². The van der Waals surface area contributed by atoms with Crippen molar-refractivity contribution in [2.45, 2.75) is 68.6 Å². The van der Waals surface area contributed by atoms with E-state index in [1.807, 2.05) is 0 Å². The van der Waals surface area contributed by atoms with E-state index in [4.69, 9.17) is 31.3 Å². The van der Waals surface area contributed by atoms with E-state index in [2.05, 4.69) is 10.0 Å². The fourth-order valence-corrected chi connectivity index (χ4v) is 6.19. The van der Waals surface area contributed by atoms with Crippen LogP contribution in [0.5, 0.6) is 17.2 Å². The molecule has 1 saturated heterocycles. The molecule has 1 fully saturated rings. The Morgan fingerprint density at radius 3 is 2.52 bits per heavy atom. The number of carbonyl (C=O) groups excluding carboxylic acids is 3. The normalized spacial score (nSPS) is 29.1. The number of fused-ring (bicyclic) bond motifs is 3. The summed E-state index contributed by atoms with van der Waals surface area (Å²) in [6.45, 7) is 2.81. The third-order valence-electron chi connectivity index (χ3n) is 7.87. The first kappa shape index (κ1) is 27.9. The number of methoxy groups -OCH3 is 1. The highest BCUT2D eigenvalue weighted by Gasteiger charge is 2.49. The SMILES string of the molecule is COc1cccc2c1C(=O)c1c(O)c3c(c(O)c1C2=O)C[C@@](O)(C(C)=O)C[C@@H]3O[C@H]1C[C@H](Cl)[C@H](N=[N+]=[N-])[C@H](C)O1. The smallest absolute Gasteiger partial charge is 0.202 e. The maximum absolute atomic E-state index is 13.7. The summed E-state index contributed by atoms with van der Waals surface area (Å²) in [5, 5.41) is 37.1. The summed E-state index contributed by atoms with van der Waals surface area (Å²) in [5.41, 5.74) is 5.69. The number of carbonyl (C=O) groups is 3. The molecule has 0 saturated carbocycles. The van der Waals surface area contributed by atoms with Gasteiger partial charge in [0.15, 0.2) is 17.9 Å². The summed E-state index contributed by atoms with van der Waals surface area (Å²) in [6, 6.07) is 3.74. The van der Waals surface area contributed by atoms with Gasteiger partial charge < -0.3 is 29.5 Å². The van der Waals surface area contributed by atoms with Crippen molar-refractivity contribution in [2.75, 3.05) is 7.11 Å². The molecule has 2 aromatic rings. The first-order chi connectivity index (χ1) is 18.9. The number of ketones is 3. The molecule has 0 unspecified atom stereocenters. The summed E-state index contributed by atoms with van der Waals surface area (Å²) in [7, 11) is 1.33. The van der Waals surface area contributed by atoms with Gasteiger partial charge in [0.1, 0.15) is 22.8 Å². The van der Waals surface area contributed by atoms with Gasteiger partial charge in [-0.1, -0.05) is 17.2 Å². The van der Waals surface area contributed by atoms with Gasteiger partial charge >= 0.3 is 0 Å². The fourth-order valence-electron chi connectivity index (χ4n) is 5.79. The molecule has 0 radical (unpaired) electrons. The molecule has 0 aromatic heterocycles. The van der Waals surface area contributed by atoms with Crippen LogP contribution in [0.3, 0.4) is 0 Å². The molecule has 0 spiro atoms. The Bertz CT molecular complexity index is 1490. The number of benzene rings is 2. The Morgan fingerprint density at radius 1 is 1.20 bits per heavy atom. The number of aliphatic hydroxyl groups is 1. The van der Waals surface area contributed by atoms with E-state index in [1.54, 1.807) is 6.92 Å². The van der Waals surface area contributed by atoms with Crippen LogP contribution in [0.4, 0.5) is 0 Å². The Labute approximate surface area is 233 Å². The van der Waals surface area contributed by atoms with Gasteiger partial charge in [-0.25, -0.2) is 0 Å². The molecule has 3 aliphatic rings. The van der Waals surface area contributed by atoms with E-state index in [9.17, 15) is 29.7 Å². The molecule has 40 heavy (non-hydrogen) atoms. The summed E-state index contributed by atoms with van der Waals surface area (Å²) in [4.78, 5) is 42.5. The van der Waals surface area contributed by atoms with Crippen LogP contribution in [-0.4, -0.2) is 69.2 Å². The van der Waals surface area contributed by atoms with Crippen molar-refractivity contribution in [3.8, 4) is 17.2 Å². The molecule has 0 bridgehead atoms. The van der Waals surface area contributed by atoms with Gasteiger partial charge in [-0.15, -0.1) is 11.6 Å². The number of alkyl halides is 1. The number of phenolic OH excluding ortho intramolecular Hbond substituents is 2. The third kappa shape index (κ3) is 4.20. The second kappa shape index (κ2) is 10.1. The van der Waals surface area contributed by atoms with E-state index < -0.39 is 81.9 Å². The maximum atomic E-state index is 13.7. The van der Waals surface area contributed by atoms with Gasteiger partial charge in [0.25, 0.3) is 0 Å². The average molecular weight is 572 g/mol.